The van der Waals surface area contributed by atoms with Crippen LogP contribution in [-0.2, 0) is 0 Å². The molecule has 0 N–H and O–H groups in total. The maximum atomic E-state index is 5.36. The highest BCUT2D eigenvalue weighted by Crippen LogP contribution is 2.42. The lowest BCUT2D eigenvalue weighted by molar-refractivity contribution is 0.415. The van der Waals surface area contributed by atoms with Crippen LogP contribution in [0.25, 0.3) is 0 Å². The molecule has 0 aliphatic rings. The molecule has 228 valence electrons. The first-order chi connectivity index (χ1) is 19.3. The van der Waals surface area contributed by atoms with Gasteiger partial charge in [-0.25, -0.2) is 0 Å². The van der Waals surface area contributed by atoms with Crippen LogP contribution in [0.1, 0.15) is 88.6 Å². The highest BCUT2D eigenvalue weighted by molar-refractivity contribution is 6.91. The standard InChI is InChI=1S/C38H58OSi3/c1-29(2)41(30(3)4,31(5)6)27-24-36(20-17-35-18-21-38(39-13)22-19-35)37(23-26-40(14,15)16)25-28-42(32(7)8,33(9)10)34(11)12/h18-19,21-22,29-34H,1-16H3/b37-36-. The van der Waals surface area contributed by atoms with Gasteiger partial charge in [0.25, 0.3) is 0 Å². The summed E-state index contributed by atoms with van der Waals surface area (Å²) in [5.74, 6) is 18.6. The maximum absolute atomic E-state index is 5.36. The van der Waals surface area contributed by atoms with Crippen molar-refractivity contribution >= 4 is 24.2 Å². The van der Waals surface area contributed by atoms with E-state index in [9.17, 15) is 0 Å². The van der Waals surface area contributed by atoms with Gasteiger partial charge in [0.05, 0.1) is 18.3 Å². The van der Waals surface area contributed by atoms with E-state index in [1.807, 2.05) is 24.3 Å². The van der Waals surface area contributed by atoms with E-state index in [0.717, 1.165) is 22.5 Å². The molecule has 0 saturated heterocycles. The first-order valence-corrected chi connectivity index (χ1v) is 23.8. The highest BCUT2D eigenvalue weighted by atomic mass is 28.3. The normalized spacial score (nSPS) is 12.7. The molecule has 1 aromatic rings. The first-order valence-electron chi connectivity index (χ1n) is 15.8. The summed E-state index contributed by atoms with van der Waals surface area (Å²) in [6.07, 6.45) is 0. The quantitative estimate of drug-likeness (QED) is 0.219. The summed E-state index contributed by atoms with van der Waals surface area (Å²) in [4.78, 5) is 0. The van der Waals surface area contributed by atoms with Crippen molar-refractivity contribution in [1.29, 1.82) is 0 Å². The van der Waals surface area contributed by atoms with E-state index in [2.05, 4.69) is 149 Å². The largest absolute Gasteiger partial charge is 0.497 e. The Morgan fingerprint density at radius 2 is 0.857 bits per heavy atom. The summed E-state index contributed by atoms with van der Waals surface area (Å²) in [6, 6.07) is 7.90. The van der Waals surface area contributed by atoms with E-state index in [4.69, 9.17) is 4.74 Å². The molecule has 42 heavy (non-hydrogen) atoms. The number of hydrogen-bond acceptors (Lipinski definition) is 1. The molecule has 0 aliphatic carbocycles. The van der Waals surface area contributed by atoms with Gasteiger partial charge in [-0.05, 0) is 57.5 Å². The van der Waals surface area contributed by atoms with E-state index in [1.54, 1.807) is 7.11 Å². The minimum absolute atomic E-state index is 0.534. The van der Waals surface area contributed by atoms with Gasteiger partial charge in [-0.2, -0.15) is 0 Å². The van der Waals surface area contributed by atoms with Crippen LogP contribution < -0.4 is 4.74 Å². The predicted molar refractivity (Wildman–Crippen MR) is 196 cm³/mol. The summed E-state index contributed by atoms with van der Waals surface area (Å²) in [7, 11) is -3.95. The zero-order valence-electron chi connectivity index (χ0n) is 29.7. The molecule has 1 rings (SSSR count). The zero-order valence-corrected chi connectivity index (χ0v) is 32.7. The van der Waals surface area contributed by atoms with Gasteiger partial charge in [-0.3, -0.25) is 0 Å². The van der Waals surface area contributed by atoms with Crippen molar-refractivity contribution in [1.82, 2.24) is 0 Å². The zero-order chi connectivity index (χ0) is 32.5. The molecular formula is C38H58OSi3. The van der Waals surface area contributed by atoms with Gasteiger partial charge >= 0.3 is 0 Å². The van der Waals surface area contributed by atoms with Gasteiger partial charge in [0.2, 0.25) is 0 Å². The van der Waals surface area contributed by atoms with E-state index in [-0.39, 0.29) is 0 Å². The molecule has 0 aliphatic heterocycles. The van der Waals surface area contributed by atoms with E-state index >= 15 is 0 Å². The van der Waals surface area contributed by atoms with Crippen LogP contribution in [0, 0.1) is 46.2 Å². The molecule has 0 amide bonds. The lowest BCUT2D eigenvalue weighted by Crippen LogP contribution is -2.43. The van der Waals surface area contributed by atoms with Crippen LogP contribution in [0.4, 0.5) is 0 Å². The Morgan fingerprint density at radius 3 is 1.17 bits per heavy atom. The van der Waals surface area contributed by atoms with Gasteiger partial charge in [0.15, 0.2) is 0 Å². The number of hydrogen-bond donors (Lipinski definition) is 0. The minimum atomic E-state index is -1.99. The fourth-order valence-corrected chi connectivity index (χ4v) is 17.5. The predicted octanol–water partition coefficient (Wildman–Crippen LogP) is 10.7. The molecule has 0 aromatic heterocycles. The number of ether oxygens (including phenoxy) is 1. The third-order valence-corrected chi connectivity index (χ3v) is 22.2. The summed E-state index contributed by atoms with van der Waals surface area (Å²) < 4.78 is 5.36. The van der Waals surface area contributed by atoms with Crippen molar-refractivity contribution in [3.63, 3.8) is 0 Å². The van der Waals surface area contributed by atoms with Gasteiger partial charge in [0, 0.05) is 5.56 Å². The third kappa shape index (κ3) is 9.58. The van der Waals surface area contributed by atoms with Crippen molar-refractivity contribution in [3.05, 3.63) is 41.0 Å². The summed E-state index contributed by atoms with van der Waals surface area (Å²) >= 11 is 0. The molecule has 0 radical (unpaired) electrons. The topological polar surface area (TPSA) is 9.23 Å². The van der Waals surface area contributed by atoms with Gasteiger partial charge in [-0.1, -0.05) is 132 Å². The molecule has 0 spiro atoms. The van der Waals surface area contributed by atoms with Gasteiger partial charge in [-0.15, -0.1) is 16.6 Å². The molecular weight excluding hydrogens is 557 g/mol. The van der Waals surface area contributed by atoms with Gasteiger partial charge < -0.3 is 4.74 Å². The SMILES string of the molecule is COc1ccc(C#C/C(C#C[Si](C(C)C)(C(C)C)C(C)C)=C(\C#C[Si](C)(C)C)C#C[Si](C(C)C)(C(C)C)C(C)C)cc1. The van der Waals surface area contributed by atoms with Crippen molar-refractivity contribution in [3.8, 4) is 52.0 Å². The summed E-state index contributed by atoms with van der Waals surface area (Å²) in [5.41, 5.74) is 17.2. The average molecular weight is 615 g/mol. The lowest BCUT2D eigenvalue weighted by atomic mass is 10.1. The van der Waals surface area contributed by atoms with Crippen LogP contribution in [-0.4, -0.2) is 31.3 Å². The Balaban J connectivity index is 4.29. The Morgan fingerprint density at radius 1 is 0.524 bits per heavy atom. The molecule has 1 aromatic carbocycles. The molecule has 0 bridgehead atoms. The summed E-state index contributed by atoms with van der Waals surface area (Å²) in [5, 5.41) is 0. The van der Waals surface area contributed by atoms with Crippen molar-refractivity contribution < 1.29 is 4.74 Å². The Kier molecular flexibility index (Phi) is 14.3. The van der Waals surface area contributed by atoms with Crippen LogP contribution in [0.5, 0.6) is 5.75 Å². The number of benzene rings is 1. The average Bonchev–Trinajstić information content (AvgIpc) is 2.87. The molecule has 0 saturated carbocycles. The second kappa shape index (κ2) is 15.9. The van der Waals surface area contributed by atoms with Crippen LogP contribution in [0.15, 0.2) is 35.4 Å². The second-order valence-electron chi connectivity index (χ2n) is 14.5. The fraction of sp³-hybridized carbons (Fsp3) is 0.579. The maximum Gasteiger partial charge on any atom is 0.146 e. The Bertz CT molecular complexity index is 1280. The third-order valence-electron chi connectivity index (χ3n) is 8.77. The molecule has 0 atom stereocenters. The highest BCUT2D eigenvalue weighted by Gasteiger charge is 2.42. The molecule has 1 nitrogen and oxygen atoms in total. The lowest BCUT2D eigenvalue weighted by Gasteiger charge is -2.38. The number of allylic oxidation sites excluding steroid dienone is 2. The Hall–Kier alpha value is -2.35. The van der Waals surface area contributed by atoms with Crippen LogP contribution in [0.3, 0.4) is 0 Å². The Labute approximate surface area is 264 Å². The fourth-order valence-electron chi connectivity index (χ4n) is 6.58. The monoisotopic (exact) mass is 614 g/mol. The van der Waals surface area contributed by atoms with E-state index < -0.39 is 24.2 Å². The molecule has 0 fully saturated rings. The number of rotatable bonds is 7. The van der Waals surface area contributed by atoms with Crippen molar-refractivity contribution in [2.45, 2.75) is 136 Å². The van der Waals surface area contributed by atoms with E-state index in [0.29, 0.717) is 33.2 Å². The summed E-state index contributed by atoms with van der Waals surface area (Å²) in [6.45, 7) is 35.1. The second-order valence-corrected chi connectivity index (χ2v) is 30.4. The van der Waals surface area contributed by atoms with E-state index in [1.165, 1.54) is 0 Å². The van der Waals surface area contributed by atoms with Crippen molar-refractivity contribution in [2.75, 3.05) is 7.11 Å². The molecule has 4 heteroatoms. The smallest absolute Gasteiger partial charge is 0.146 e. The van der Waals surface area contributed by atoms with Crippen molar-refractivity contribution in [2.24, 2.45) is 0 Å². The van der Waals surface area contributed by atoms with Crippen LogP contribution in [0.2, 0.25) is 52.9 Å². The minimum Gasteiger partial charge on any atom is -0.497 e. The van der Waals surface area contributed by atoms with Gasteiger partial charge in [0.1, 0.15) is 30.0 Å². The van der Waals surface area contributed by atoms with Crippen LogP contribution >= 0.6 is 0 Å². The molecule has 0 heterocycles. The molecule has 0 unspecified atom stereocenters. The number of methoxy groups -OCH3 is 1. The first kappa shape index (κ1) is 37.7.